The number of carbonyl (C=O) groups excluding carboxylic acids is 1. The fourth-order valence-electron chi connectivity index (χ4n) is 1.59. The molecule has 0 atom stereocenters. The molecule has 0 fully saturated rings. The Morgan fingerprint density at radius 1 is 1.44 bits per heavy atom. The molecule has 1 amide bonds. The number of carbonyl (C=O) groups is 1. The normalized spacial score (nSPS) is 12.6. The molecule has 0 saturated heterocycles. The Kier molecular flexibility index (Phi) is 3.26. The number of fused-ring (bicyclic) bond motifs is 1. The lowest BCUT2D eigenvalue weighted by Crippen LogP contribution is -2.26. The quantitative estimate of drug-likeness (QED) is 0.660. The first-order valence-electron chi connectivity index (χ1n) is 5.20. The van der Waals surface area contributed by atoms with E-state index in [-0.39, 0.29) is 5.91 Å². The molecule has 0 aliphatic carbocycles. The largest absolute Gasteiger partial charge is 0.383 e. The summed E-state index contributed by atoms with van der Waals surface area (Å²) in [5.41, 5.74) is 2.67. The van der Waals surface area contributed by atoms with Crippen molar-refractivity contribution < 1.29 is 9.53 Å². The van der Waals surface area contributed by atoms with Gasteiger partial charge in [0.05, 0.1) is 24.7 Å². The molecule has 0 bridgehead atoms. The third kappa shape index (κ3) is 2.25. The number of rotatable bonds is 4. The zero-order valence-corrected chi connectivity index (χ0v) is 9.17. The van der Waals surface area contributed by atoms with Crippen molar-refractivity contribution in [1.82, 2.24) is 5.32 Å². The van der Waals surface area contributed by atoms with Crippen LogP contribution in [0.4, 0.5) is 11.4 Å². The molecule has 0 unspecified atom stereocenters. The minimum atomic E-state index is -0.0754. The van der Waals surface area contributed by atoms with E-state index >= 15 is 0 Å². The fraction of sp³-hybridized carbons (Fsp3) is 0.364. The second-order valence-corrected chi connectivity index (χ2v) is 3.54. The second-order valence-electron chi connectivity index (χ2n) is 3.54. The molecule has 1 aromatic rings. The standard InChI is InChI=1S/C11H15N3O2/c1-16-5-4-12-11(15)8-2-3-9-10(6-8)14-7-13-9/h2-3,6,13-14H,4-5,7H2,1H3,(H,12,15). The third-order valence-corrected chi connectivity index (χ3v) is 2.43. The van der Waals surface area contributed by atoms with E-state index in [1.54, 1.807) is 13.2 Å². The maximum Gasteiger partial charge on any atom is 0.251 e. The van der Waals surface area contributed by atoms with E-state index in [0.717, 1.165) is 11.4 Å². The summed E-state index contributed by atoms with van der Waals surface area (Å²) >= 11 is 0. The summed E-state index contributed by atoms with van der Waals surface area (Å²) in [6, 6.07) is 5.55. The van der Waals surface area contributed by atoms with Crippen molar-refractivity contribution >= 4 is 17.3 Å². The lowest BCUT2D eigenvalue weighted by molar-refractivity contribution is 0.0937. The van der Waals surface area contributed by atoms with Crippen LogP contribution in [0.3, 0.4) is 0 Å². The summed E-state index contributed by atoms with van der Waals surface area (Å²) < 4.78 is 4.87. The Balaban J connectivity index is 2.01. The van der Waals surface area contributed by atoms with Crippen LogP contribution in [0.2, 0.25) is 0 Å². The van der Waals surface area contributed by atoms with Gasteiger partial charge in [0.25, 0.3) is 5.91 Å². The van der Waals surface area contributed by atoms with Crippen molar-refractivity contribution in [2.45, 2.75) is 0 Å². The zero-order chi connectivity index (χ0) is 11.4. The van der Waals surface area contributed by atoms with E-state index < -0.39 is 0 Å². The highest BCUT2D eigenvalue weighted by Gasteiger charge is 2.12. The van der Waals surface area contributed by atoms with Crippen LogP contribution in [0, 0.1) is 0 Å². The molecular weight excluding hydrogens is 206 g/mol. The molecule has 1 aliphatic heterocycles. The van der Waals surface area contributed by atoms with Crippen molar-refractivity contribution in [3.8, 4) is 0 Å². The van der Waals surface area contributed by atoms with E-state index in [2.05, 4.69) is 16.0 Å². The SMILES string of the molecule is COCCNC(=O)c1ccc2c(c1)NCN2. The summed E-state index contributed by atoms with van der Waals surface area (Å²) in [5, 5.41) is 9.08. The van der Waals surface area contributed by atoms with Crippen molar-refractivity contribution in [3.05, 3.63) is 23.8 Å². The van der Waals surface area contributed by atoms with E-state index in [1.165, 1.54) is 0 Å². The lowest BCUT2D eigenvalue weighted by atomic mass is 10.1. The molecule has 0 spiro atoms. The highest BCUT2D eigenvalue weighted by atomic mass is 16.5. The third-order valence-electron chi connectivity index (χ3n) is 2.43. The van der Waals surface area contributed by atoms with Crippen molar-refractivity contribution in [2.75, 3.05) is 37.6 Å². The van der Waals surface area contributed by atoms with Crippen molar-refractivity contribution in [3.63, 3.8) is 0 Å². The van der Waals surface area contributed by atoms with Crippen LogP contribution >= 0.6 is 0 Å². The minimum Gasteiger partial charge on any atom is -0.383 e. The average molecular weight is 221 g/mol. The number of nitrogens with one attached hydrogen (secondary N) is 3. The Hall–Kier alpha value is -1.75. The number of methoxy groups -OCH3 is 1. The molecule has 0 radical (unpaired) electrons. The highest BCUT2D eigenvalue weighted by Crippen LogP contribution is 2.26. The Labute approximate surface area is 94.2 Å². The van der Waals surface area contributed by atoms with Crippen LogP contribution in [0.15, 0.2) is 18.2 Å². The van der Waals surface area contributed by atoms with Gasteiger partial charge in [-0.25, -0.2) is 0 Å². The Morgan fingerprint density at radius 2 is 2.25 bits per heavy atom. The molecule has 2 rings (SSSR count). The maximum absolute atomic E-state index is 11.7. The summed E-state index contributed by atoms with van der Waals surface area (Å²) in [5.74, 6) is -0.0754. The molecule has 86 valence electrons. The molecule has 16 heavy (non-hydrogen) atoms. The van der Waals surface area contributed by atoms with E-state index in [1.807, 2.05) is 12.1 Å². The van der Waals surface area contributed by atoms with Gasteiger partial charge in [-0.2, -0.15) is 0 Å². The van der Waals surface area contributed by atoms with Gasteiger partial charge in [-0.3, -0.25) is 4.79 Å². The Bertz CT molecular complexity index is 393. The van der Waals surface area contributed by atoms with Crippen LogP contribution in [0.5, 0.6) is 0 Å². The van der Waals surface area contributed by atoms with Gasteiger partial charge < -0.3 is 20.7 Å². The molecular formula is C11H15N3O2. The summed E-state index contributed by atoms with van der Waals surface area (Å²) in [6.45, 7) is 1.76. The van der Waals surface area contributed by atoms with Crippen LogP contribution < -0.4 is 16.0 Å². The minimum absolute atomic E-state index is 0.0754. The smallest absolute Gasteiger partial charge is 0.251 e. The molecule has 1 aromatic carbocycles. The number of anilines is 2. The van der Waals surface area contributed by atoms with E-state index in [9.17, 15) is 4.79 Å². The first kappa shape index (κ1) is 10.8. The van der Waals surface area contributed by atoms with Crippen LogP contribution in [-0.4, -0.2) is 32.8 Å². The van der Waals surface area contributed by atoms with Crippen LogP contribution in [0.25, 0.3) is 0 Å². The number of amides is 1. The van der Waals surface area contributed by atoms with E-state index in [4.69, 9.17) is 4.74 Å². The first-order chi connectivity index (χ1) is 7.81. The predicted molar refractivity (Wildman–Crippen MR) is 62.8 cm³/mol. The predicted octanol–water partition coefficient (Wildman–Crippen LogP) is 0.858. The summed E-state index contributed by atoms with van der Waals surface area (Å²) in [6.07, 6.45) is 0. The summed E-state index contributed by atoms with van der Waals surface area (Å²) in [7, 11) is 1.61. The van der Waals surface area contributed by atoms with Gasteiger partial charge in [-0.15, -0.1) is 0 Å². The molecule has 1 heterocycles. The number of benzene rings is 1. The van der Waals surface area contributed by atoms with Gasteiger partial charge in [0.2, 0.25) is 0 Å². The number of ether oxygens (including phenoxy) is 1. The molecule has 1 aliphatic rings. The van der Waals surface area contributed by atoms with Gasteiger partial charge in [0.15, 0.2) is 0 Å². The van der Waals surface area contributed by atoms with E-state index in [0.29, 0.717) is 25.4 Å². The van der Waals surface area contributed by atoms with Gasteiger partial charge in [-0.05, 0) is 18.2 Å². The number of hydrogen-bond donors (Lipinski definition) is 3. The van der Waals surface area contributed by atoms with Gasteiger partial charge in [0, 0.05) is 19.2 Å². The van der Waals surface area contributed by atoms with Crippen molar-refractivity contribution in [2.24, 2.45) is 0 Å². The molecule has 0 saturated carbocycles. The van der Waals surface area contributed by atoms with Crippen molar-refractivity contribution in [1.29, 1.82) is 0 Å². The Morgan fingerprint density at radius 3 is 3.06 bits per heavy atom. The number of hydrogen-bond acceptors (Lipinski definition) is 4. The van der Waals surface area contributed by atoms with Gasteiger partial charge >= 0.3 is 0 Å². The molecule has 3 N–H and O–H groups in total. The average Bonchev–Trinajstić information content (AvgIpc) is 2.76. The molecule has 5 heteroatoms. The van der Waals surface area contributed by atoms with Crippen LogP contribution in [-0.2, 0) is 4.74 Å². The zero-order valence-electron chi connectivity index (χ0n) is 9.17. The monoisotopic (exact) mass is 221 g/mol. The van der Waals surface area contributed by atoms with Crippen LogP contribution in [0.1, 0.15) is 10.4 Å². The van der Waals surface area contributed by atoms with Gasteiger partial charge in [0.1, 0.15) is 0 Å². The lowest BCUT2D eigenvalue weighted by Gasteiger charge is -2.06. The summed E-state index contributed by atoms with van der Waals surface area (Å²) in [4.78, 5) is 11.7. The highest BCUT2D eigenvalue weighted by molar-refractivity contribution is 5.96. The molecule has 0 aromatic heterocycles. The second kappa shape index (κ2) is 4.85. The fourth-order valence-corrected chi connectivity index (χ4v) is 1.59. The topological polar surface area (TPSA) is 62.4 Å². The first-order valence-corrected chi connectivity index (χ1v) is 5.20. The maximum atomic E-state index is 11.7. The van der Waals surface area contributed by atoms with Gasteiger partial charge in [-0.1, -0.05) is 0 Å². The molecule has 5 nitrogen and oxygen atoms in total.